The Balaban J connectivity index is 2.26. The number of ether oxygens (including phenoxy) is 3. The predicted octanol–water partition coefficient (Wildman–Crippen LogP) is -0.803. The molecule has 0 aromatic rings. The molecule has 2 saturated heterocycles. The summed E-state index contributed by atoms with van der Waals surface area (Å²) in [7, 11) is 0. The summed E-state index contributed by atoms with van der Waals surface area (Å²) in [5.41, 5.74) is 6.08. The van der Waals surface area contributed by atoms with Crippen molar-refractivity contribution in [1.82, 2.24) is 4.90 Å². The molecule has 0 aliphatic carbocycles. The first-order valence-electron chi connectivity index (χ1n) is 7.31. The van der Waals surface area contributed by atoms with Gasteiger partial charge in [-0.15, -0.1) is 0 Å². The van der Waals surface area contributed by atoms with Crippen molar-refractivity contribution in [2.75, 3.05) is 13.1 Å². The Hall–Kier alpha value is -1.67. The van der Waals surface area contributed by atoms with Crippen LogP contribution in [0.15, 0.2) is 0 Å². The molecule has 2 aliphatic rings. The average molecular weight is 314 g/mol. The third kappa shape index (κ3) is 3.56. The van der Waals surface area contributed by atoms with Gasteiger partial charge >= 0.3 is 17.9 Å². The van der Waals surface area contributed by atoms with Gasteiger partial charge in [-0.05, 0) is 6.42 Å². The summed E-state index contributed by atoms with van der Waals surface area (Å²) in [6.07, 6.45) is -1.29. The van der Waals surface area contributed by atoms with Gasteiger partial charge in [0.25, 0.3) is 0 Å². The average Bonchev–Trinajstić information content (AvgIpc) is 2.74. The lowest BCUT2D eigenvalue weighted by atomic mass is 9.91. The van der Waals surface area contributed by atoms with Crippen molar-refractivity contribution in [3.05, 3.63) is 0 Å². The molecule has 0 saturated carbocycles. The van der Waals surface area contributed by atoms with E-state index in [1.54, 1.807) is 0 Å². The summed E-state index contributed by atoms with van der Waals surface area (Å²) in [6, 6.07) is -0.822. The maximum atomic E-state index is 11.4. The van der Waals surface area contributed by atoms with Crippen LogP contribution >= 0.6 is 0 Å². The smallest absolute Gasteiger partial charge is 0.303 e. The largest absolute Gasteiger partial charge is 0.461 e. The topological polar surface area (TPSA) is 108 Å². The summed E-state index contributed by atoms with van der Waals surface area (Å²) < 4.78 is 16.0. The summed E-state index contributed by atoms with van der Waals surface area (Å²) in [4.78, 5) is 36.0. The maximum absolute atomic E-state index is 11.4. The zero-order valence-electron chi connectivity index (χ0n) is 13.0. The third-order valence-corrected chi connectivity index (χ3v) is 3.95. The quantitative estimate of drug-likeness (QED) is 0.532. The van der Waals surface area contributed by atoms with Crippen LogP contribution < -0.4 is 5.73 Å². The first kappa shape index (κ1) is 16.7. The number of hydrogen-bond donors (Lipinski definition) is 1. The minimum Gasteiger partial charge on any atom is -0.461 e. The van der Waals surface area contributed by atoms with E-state index in [1.165, 1.54) is 20.8 Å². The molecule has 0 radical (unpaired) electrons. The molecular formula is C14H22N2O6. The molecule has 2 N–H and O–H groups in total. The van der Waals surface area contributed by atoms with Crippen molar-refractivity contribution in [2.24, 2.45) is 5.73 Å². The number of carbonyl (C=O) groups excluding carboxylic acids is 3. The second kappa shape index (κ2) is 6.62. The van der Waals surface area contributed by atoms with Gasteiger partial charge in [-0.25, -0.2) is 0 Å². The molecule has 8 nitrogen and oxygen atoms in total. The number of carbonyl (C=O) groups is 3. The normalized spacial score (nSPS) is 34.6. The van der Waals surface area contributed by atoms with Gasteiger partial charge in [-0.3, -0.25) is 19.3 Å². The van der Waals surface area contributed by atoms with Gasteiger partial charge in [0, 0.05) is 33.9 Å². The van der Waals surface area contributed by atoms with Gasteiger partial charge < -0.3 is 19.9 Å². The Morgan fingerprint density at radius 3 is 2.05 bits per heavy atom. The van der Waals surface area contributed by atoms with E-state index in [9.17, 15) is 14.4 Å². The van der Waals surface area contributed by atoms with Gasteiger partial charge in [0.15, 0.2) is 12.2 Å². The highest BCUT2D eigenvalue weighted by Crippen LogP contribution is 2.32. The van der Waals surface area contributed by atoms with Gasteiger partial charge in [-0.1, -0.05) is 0 Å². The lowest BCUT2D eigenvalue weighted by Gasteiger charge is -2.44. The van der Waals surface area contributed by atoms with Crippen LogP contribution in [0, 0.1) is 0 Å². The molecular weight excluding hydrogens is 292 g/mol. The van der Waals surface area contributed by atoms with Crippen molar-refractivity contribution in [1.29, 1.82) is 0 Å². The molecule has 2 heterocycles. The van der Waals surface area contributed by atoms with Crippen molar-refractivity contribution in [3.63, 3.8) is 0 Å². The number of nitrogens with zero attached hydrogens (tertiary/aromatic N) is 1. The first-order valence-corrected chi connectivity index (χ1v) is 7.31. The van der Waals surface area contributed by atoms with E-state index in [0.29, 0.717) is 19.5 Å². The number of nitrogens with two attached hydrogens (primary N) is 1. The molecule has 0 spiro atoms. The van der Waals surface area contributed by atoms with Crippen LogP contribution in [0.2, 0.25) is 0 Å². The van der Waals surface area contributed by atoms with Crippen molar-refractivity contribution in [3.8, 4) is 0 Å². The summed E-state index contributed by atoms with van der Waals surface area (Å²) in [5.74, 6) is -1.38. The lowest BCUT2D eigenvalue weighted by Crippen LogP contribution is -2.66. The van der Waals surface area contributed by atoms with Crippen LogP contribution in [0.5, 0.6) is 0 Å². The van der Waals surface area contributed by atoms with Gasteiger partial charge in [0.1, 0.15) is 6.10 Å². The molecule has 8 heteroatoms. The Labute approximate surface area is 128 Å². The molecule has 2 fully saturated rings. The standard InChI is InChI=1S/C14H22N2O6/c1-7(17)20-11-4-5-16-6-10(15)13(21-8(2)18)14(12(11)16)22-9(3)19/h10-14H,4-6,15H2,1-3H3/t10-,11?,12?,13+,14+/m0/s1. The Morgan fingerprint density at radius 1 is 0.955 bits per heavy atom. The summed E-state index contributed by atoms with van der Waals surface area (Å²) in [5, 5.41) is 0. The van der Waals surface area contributed by atoms with Crippen LogP contribution in [0.1, 0.15) is 27.2 Å². The number of rotatable bonds is 3. The fraction of sp³-hybridized carbons (Fsp3) is 0.786. The van der Waals surface area contributed by atoms with Crippen LogP contribution in [0.4, 0.5) is 0 Å². The van der Waals surface area contributed by atoms with E-state index in [2.05, 4.69) is 0 Å². The minimum atomic E-state index is -0.753. The second-order valence-electron chi connectivity index (χ2n) is 5.73. The Morgan fingerprint density at radius 2 is 1.50 bits per heavy atom. The summed E-state index contributed by atoms with van der Waals surface area (Å²) in [6.45, 7) is 5.06. The Kier molecular flexibility index (Phi) is 5.02. The van der Waals surface area contributed by atoms with E-state index in [-0.39, 0.29) is 6.04 Å². The zero-order valence-corrected chi connectivity index (χ0v) is 13.0. The number of esters is 3. The number of piperidine rings is 1. The van der Waals surface area contributed by atoms with E-state index in [4.69, 9.17) is 19.9 Å². The lowest BCUT2D eigenvalue weighted by molar-refractivity contribution is -0.185. The third-order valence-electron chi connectivity index (χ3n) is 3.95. The monoisotopic (exact) mass is 314 g/mol. The maximum Gasteiger partial charge on any atom is 0.303 e. The molecule has 22 heavy (non-hydrogen) atoms. The van der Waals surface area contributed by atoms with Crippen molar-refractivity contribution in [2.45, 2.75) is 57.6 Å². The Bertz CT molecular complexity index is 468. The van der Waals surface area contributed by atoms with E-state index in [0.717, 1.165) is 0 Å². The summed E-state index contributed by atoms with van der Waals surface area (Å²) >= 11 is 0. The minimum absolute atomic E-state index is 0.350. The van der Waals surface area contributed by atoms with Gasteiger partial charge in [0.05, 0.1) is 12.1 Å². The fourth-order valence-electron chi connectivity index (χ4n) is 3.31. The van der Waals surface area contributed by atoms with Gasteiger partial charge in [-0.2, -0.15) is 0 Å². The number of hydrogen-bond acceptors (Lipinski definition) is 8. The SMILES string of the molecule is CC(=O)OC1CCN2C[C@H](N)[C@@H](OC(C)=O)[C@H](OC(C)=O)C12. The highest BCUT2D eigenvalue weighted by Gasteiger charge is 2.53. The zero-order chi connectivity index (χ0) is 16.4. The molecule has 0 amide bonds. The van der Waals surface area contributed by atoms with Crippen LogP contribution in [0.25, 0.3) is 0 Å². The van der Waals surface area contributed by atoms with Crippen molar-refractivity contribution < 1.29 is 28.6 Å². The van der Waals surface area contributed by atoms with Crippen molar-refractivity contribution >= 4 is 17.9 Å². The highest BCUT2D eigenvalue weighted by molar-refractivity contribution is 5.68. The van der Waals surface area contributed by atoms with E-state index < -0.39 is 42.3 Å². The molecule has 5 atom stereocenters. The van der Waals surface area contributed by atoms with Crippen LogP contribution in [-0.4, -0.2) is 66.3 Å². The predicted molar refractivity (Wildman–Crippen MR) is 74.6 cm³/mol. The van der Waals surface area contributed by atoms with E-state index >= 15 is 0 Å². The molecule has 0 aromatic heterocycles. The molecule has 2 unspecified atom stereocenters. The first-order chi connectivity index (χ1) is 10.3. The second-order valence-corrected chi connectivity index (χ2v) is 5.73. The molecule has 0 bridgehead atoms. The molecule has 0 aromatic carbocycles. The number of fused-ring (bicyclic) bond motifs is 1. The fourth-order valence-corrected chi connectivity index (χ4v) is 3.31. The molecule has 2 rings (SSSR count). The molecule has 2 aliphatic heterocycles. The molecule has 124 valence electrons. The van der Waals surface area contributed by atoms with Crippen LogP contribution in [-0.2, 0) is 28.6 Å². The van der Waals surface area contributed by atoms with Crippen LogP contribution in [0.3, 0.4) is 0 Å². The highest BCUT2D eigenvalue weighted by atomic mass is 16.6. The van der Waals surface area contributed by atoms with E-state index in [1.807, 2.05) is 4.90 Å². The van der Waals surface area contributed by atoms with Gasteiger partial charge in [0.2, 0.25) is 0 Å².